The van der Waals surface area contributed by atoms with Crippen molar-refractivity contribution in [2.45, 2.75) is 11.2 Å². The molecule has 0 heterocycles. The molecule has 64 valence electrons. The van der Waals surface area contributed by atoms with Crippen molar-refractivity contribution in [2.24, 2.45) is 0 Å². The maximum atomic E-state index is 10.4. The van der Waals surface area contributed by atoms with Crippen LogP contribution < -0.4 is 0 Å². The van der Waals surface area contributed by atoms with E-state index >= 15 is 0 Å². The van der Waals surface area contributed by atoms with Gasteiger partial charge in [-0.3, -0.25) is 4.79 Å². The molecule has 1 atom stereocenters. The van der Waals surface area contributed by atoms with Gasteiger partial charge in [0.1, 0.15) is 0 Å². The summed E-state index contributed by atoms with van der Waals surface area (Å²) in [5.41, 5.74) is 1.000. The average molecular weight is 229 g/mol. The van der Waals surface area contributed by atoms with Crippen molar-refractivity contribution >= 4 is 21.9 Å². The molecule has 2 nitrogen and oxygen atoms in total. The quantitative estimate of drug-likeness (QED) is 0.808. The number of benzene rings is 1. The Morgan fingerprint density at radius 3 is 2.50 bits per heavy atom. The molecule has 0 fully saturated rings. The highest BCUT2D eigenvalue weighted by atomic mass is 79.9. The molecular formula is C9H9BrO2. The fourth-order valence-corrected chi connectivity index (χ4v) is 1.52. The van der Waals surface area contributed by atoms with Crippen LogP contribution in [0.4, 0.5) is 0 Å². The Morgan fingerprint density at radius 1 is 1.42 bits per heavy atom. The number of carbonyl (C=O) groups is 1. The van der Waals surface area contributed by atoms with Gasteiger partial charge in [0, 0.05) is 4.83 Å². The Kier molecular flexibility index (Phi) is 3.29. The van der Waals surface area contributed by atoms with Gasteiger partial charge in [-0.25, -0.2) is 0 Å². The summed E-state index contributed by atoms with van der Waals surface area (Å²) >= 11 is 3.31. The van der Waals surface area contributed by atoms with Crippen molar-refractivity contribution in [1.29, 1.82) is 0 Å². The van der Waals surface area contributed by atoms with Gasteiger partial charge in [0.2, 0.25) is 0 Å². The van der Waals surface area contributed by atoms with Crippen LogP contribution in [0.1, 0.15) is 16.8 Å². The molecule has 0 spiro atoms. The van der Waals surface area contributed by atoms with E-state index in [1.54, 1.807) is 0 Å². The summed E-state index contributed by atoms with van der Waals surface area (Å²) in [6, 6.07) is 9.51. The molecule has 0 amide bonds. The van der Waals surface area contributed by atoms with Crippen LogP contribution in [0.25, 0.3) is 0 Å². The minimum atomic E-state index is -0.791. The van der Waals surface area contributed by atoms with Gasteiger partial charge in [-0.1, -0.05) is 46.3 Å². The summed E-state index contributed by atoms with van der Waals surface area (Å²) in [6.07, 6.45) is 0.115. The summed E-state index contributed by atoms with van der Waals surface area (Å²) in [5, 5.41) is 8.52. The van der Waals surface area contributed by atoms with Crippen molar-refractivity contribution in [3.8, 4) is 0 Å². The molecule has 0 aliphatic heterocycles. The molecule has 0 saturated heterocycles. The van der Waals surface area contributed by atoms with Gasteiger partial charge >= 0.3 is 5.97 Å². The molecule has 0 aliphatic carbocycles. The second kappa shape index (κ2) is 4.26. The largest absolute Gasteiger partial charge is 0.481 e. The fraction of sp³-hybridized carbons (Fsp3) is 0.222. The van der Waals surface area contributed by atoms with E-state index < -0.39 is 5.97 Å². The Balaban J connectivity index is 2.65. The first-order valence-corrected chi connectivity index (χ1v) is 4.52. The third-order valence-corrected chi connectivity index (χ3v) is 2.37. The molecule has 1 rings (SSSR count). The summed E-state index contributed by atoms with van der Waals surface area (Å²) in [5.74, 6) is -0.791. The van der Waals surface area contributed by atoms with Crippen molar-refractivity contribution in [2.75, 3.05) is 0 Å². The van der Waals surface area contributed by atoms with Crippen LogP contribution in [0.3, 0.4) is 0 Å². The number of alkyl halides is 1. The van der Waals surface area contributed by atoms with E-state index in [0.717, 1.165) is 5.56 Å². The van der Waals surface area contributed by atoms with Gasteiger partial charge in [0.15, 0.2) is 0 Å². The van der Waals surface area contributed by atoms with Crippen LogP contribution >= 0.6 is 15.9 Å². The highest BCUT2D eigenvalue weighted by Gasteiger charge is 2.10. The molecule has 0 saturated carbocycles. The molecule has 0 bridgehead atoms. The van der Waals surface area contributed by atoms with Crippen molar-refractivity contribution < 1.29 is 9.90 Å². The summed E-state index contributed by atoms with van der Waals surface area (Å²) in [4.78, 5) is 10.3. The Hall–Kier alpha value is -0.830. The fourth-order valence-electron chi connectivity index (χ4n) is 0.933. The topological polar surface area (TPSA) is 37.3 Å². The van der Waals surface area contributed by atoms with Crippen LogP contribution in [0.2, 0.25) is 0 Å². The number of hydrogen-bond donors (Lipinski definition) is 1. The molecule has 0 aliphatic rings. The molecule has 1 unspecified atom stereocenters. The first kappa shape index (κ1) is 9.26. The van der Waals surface area contributed by atoms with E-state index in [0.29, 0.717) is 0 Å². The van der Waals surface area contributed by atoms with E-state index in [4.69, 9.17) is 5.11 Å². The first-order chi connectivity index (χ1) is 5.70. The van der Waals surface area contributed by atoms with Gasteiger partial charge in [0.25, 0.3) is 0 Å². The predicted octanol–water partition coefficient (Wildman–Crippen LogP) is 2.60. The van der Waals surface area contributed by atoms with Gasteiger partial charge < -0.3 is 5.11 Å². The molecule has 0 aromatic heterocycles. The van der Waals surface area contributed by atoms with Crippen LogP contribution in [0.5, 0.6) is 0 Å². The lowest BCUT2D eigenvalue weighted by Gasteiger charge is -2.05. The minimum Gasteiger partial charge on any atom is -0.481 e. The third kappa shape index (κ3) is 2.66. The SMILES string of the molecule is O=C(O)CC(Br)c1ccccc1. The number of hydrogen-bond acceptors (Lipinski definition) is 1. The van der Waals surface area contributed by atoms with Gasteiger partial charge in [-0.05, 0) is 5.56 Å². The summed E-state index contributed by atoms with van der Waals surface area (Å²) < 4.78 is 0. The smallest absolute Gasteiger partial charge is 0.304 e. The lowest BCUT2D eigenvalue weighted by Crippen LogP contribution is -1.99. The highest BCUT2D eigenvalue weighted by molar-refractivity contribution is 9.09. The Morgan fingerprint density at radius 2 is 2.00 bits per heavy atom. The Labute approximate surface area is 79.3 Å². The number of halogens is 1. The summed E-state index contributed by atoms with van der Waals surface area (Å²) in [6.45, 7) is 0. The number of carboxylic acid groups (broad SMARTS) is 1. The number of aliphatic carboxylic acids is 1. The maximum Gasteiger partial charge on any atom is 0.304 e. The van der Waals surface area contributed by atoms with E-state index in [1.807, 2.05) is 30.3 Å². The first-order valence-electron chi connectivity index (χ1n) is 3.61. The highest BCUT2D eigenvalue weighted by Crippen LogP contribution is 2.25. The maximum absolute atomic E-state index is 10.4. The van der Waals surface area contributed by atoms with Crippen LogP contribution in [0, 0.1) is 0 Å². The van der Waals surface area contributed by atoms with Gasteiger partial charge in [-0.15, -0.1) is 0 Å². The third-order valence-electron chi connectivity index (χ3n) is 1.52. The molecule has 12 heavy (non-hydrogen) atoms. The van der Waals surface area contributed by atoms with Crippen LogP contribution in [-0.2, 0) is 4.79 Å². The molecule has 3 heteroatoms. The van der Waals surface area contributed by atoms with Gasteiger partial charge in [-0.2, -0.15) is 0 Å². The lowest BCUT2D eigenvalue weighted by molar-refractivity contribution is -0.136. The standard InChI is InChI=1S/C9H9BrO2/c10-8(6-9(11)12)7-4-2-1-3-5-7/h1-5,8H,6H2,(H,11,12). The second-order valence-corrected chi connectivity index (χ2v) is 3.58. The zero-order valence-corrected chi connectivity index (χ0v) is 7.99. The monoisotopic (exact) mass is 228 g/mol. The molecule has 1 N–H and O–H groups in total. The minimum absolute atomic E-state index is 0.0869. The number of carboxylic acids is 1. The molecular weight excluding hydrogens is 220 g/mol. The van der Waals surface area contributed by atoms with E-state index in [1.165, 1.54) is 0 Å². The zero-order chi connectivity index (χ0) is 8.97. The van der Waals surface area contributed by atoms with Crippen molar-refractivity contribution in [3.05, 3.63) is 35.9 Å². The Bertz CT molecular complexity index is 258. The normalized spacial score (nSPS) is 12.4. The molecule has 1 aromatic carbocycles. The summed E-state index contributed by atoms with van der Waals surface area (Å²) in [7, 11) is 0. The molecule has 1 aromatic rings. The average Bonchev–Trinajstić information content (AvgIpc) is 2.05. The van der Waals surface area contributed by atoms with Crippen molar-refractivity contribution in [3.63, 3.8) is 0 Å². The van der Waals surface area contributed by atoms with E-state index in [2.05, 4.69) is 15.9 Å². The van der Waals surface area contributed by atoms with E-state index in [-0.39, 0.29) is 11.2 Å². The number of rotatable bonds is 3. The second-order valence-electron chi connectivity index (χ2n) is 2.48. The van der Waals surface area contributed by atoms with Crippen LogP contribution in [-0.4, -0.2) is 11.1 Å². The van der Waals surface area contributed by atoms with Crippen molar-refractivity contribution in [1.82, 2.24) is 0 Å². The predicted molar refractivity (Wildman–Crippen MR) is 50.4 cm³/mol. The lowest BCUT2D eigenvalue weighted by atomic mass is 10.1. The van der Waals surface area contributed by atoms with Crippen LogP contribution in [0.15, 0.2) is 30.3 Å². The zero-order valence-electron chi connectivity index (χ0n) is 6.40. The molecule has 0 radical (unpaired) electrons. The van der Waals surface area contributed by atoms with E-state index in [9.17, 15) is 4.79 Å². The van der Waals surface area contributed by atoms with Gasteiger partial charge in [0.05, 0.1) is 6.42 Å².